The van der Waals surface area contributed by atoms with E-state index in [-0.39, 0.29) is 23.2 Å². The van der Waals surface area contributed by atoms with Gasteiger partial charge in [-0.3, -0.25) is 9.59 Å². The largest absolute Gasteiger partial charge is 0.493 e. The van der Waals surface area contributed by atoms with Crippen LogP contribution in [0.1, 0.15) is 19.8 Å². The SMILES string of the molecule is COC1=CC(=O)C2=C(C1=O)C1(OC)C=C(C)C2CC1. The van der Waals surface area contributed by atoms with E-state index in [2.05, 4.69) is 0 Å². The molecule has 4 nitrogen and oxygen atoms in total. The van der Waals surface area contributed by atoms with Crippen molar-refractivity contribution in [2.24, 2.45) is 5.92 Å². The molecule has 0 saturated carbocycles. The van der Waals surface area contributed by atoms with Crippen molar-refractivity contribution in [3.63, 3.8) is 0 Å². The number of allylic oxidation sites excluding steroid dienone is 4. The highest BCUT2D eigenvalue weighted by Gasteiger charge is 2.52. The van der Waals surface area contributed by atoms with Gasteiger partial charge in [-0.1, -0.05) is 5.57 Å². The van der Waals surface area contributed by atoms with Crippen LogP contribution in [0.2, 0.25) is 0 Å². The molecular weight excluding hydrogens is 244 g/mol. The molecule has 0 heterocycles. The first-order valence-electron chi connectivity index (χ1n) is 6.38. The van der Waals surface area contributed by atoms with Gasteiger partial charge in [0.1, 0.15) is 5.60 Å². The molecule has 4 aliphatic carbocycles. The van der Waals surface area contributed by atoms with Gasteiger partial charge >= 0.3 is 0 Å². The standard InChI is InChI=1S/C15H16O4/c1-8-7-15(19-3)5-4-9(8)12-10(16)6-11(18-2)14(17)13(12)15/h6-7,9H,4-5H2,1-3H3. The molecule has 0 saturated heterocycles. The minimum Gasteiger partial charge on any atom is -0.493 e. The van der Waals surface area contributed by atoms with E-state index in [1.165, 1.54) is 13.2 Å². The van der Waals surface area contributed by atoms with Crippen molar-refractivity contribution >= 4 is 11.6 Å². The van der Waals surface area contributed by atoms with E-state index in [0.29, 0.717) is 11.1 Å². The fraction of sp³-hybridized carbons (Fsp3) is 0.467. The maximum Gasteiger partial charge on any atom is 0.227 e. The molecule has 19 heavy (non-hydrogen) atoms. The molecule has 0 aromatic carbocycles. The molecule has 0 aliphatic heterocycles. The normalized spacial score (nSPS) is 33.1. The summed E-state index contributed by atoms with van der Waals surface area (Å²) in [6.07, 6.45) is 4.88. The third kappa shape index (κ3) is 1.43. The van der Waals surface area contributed by atoms with Gasteiger partial charge in [-0.2, -0.15) is 0 Å². The van der Waals surface area contributed by atoms with Crippen LogP contribution in [0.4, 0.5) is 0 Å². The number of hydrogen-bond donors (Lipinski definition) is 0. The molecule has 0 fully saturated rings. The third-order valence-corrected chi connectivity index (χ3v) is 4.42. The molecule has 2 unspecified atom stereocenters. The number of rotatable bonds is 2. The summed E-state index contributed by atoms with van der Waals surface area (Å²) in [6, 6.07) is 0. The lowest BCUT2D eigenvalue weighted by molar-refractivity contribution is -0.121. The second-order valence-corrected chi connectivity index (χ2v) is 5.27. The molecule has 0 amide bonds. The Hall–Kier alpha value is -1.68. The first-order chi connectivity index (χ1) is 9.04. The molecule has 2 bridgehead atoms. The minimum absolute atomic E-state index is 0.0538. The number of ketones is 2. The average molecular weight is 260 g/mol. The topological polar surface area (TPSA) is 52.6 Å². The Morgan fingerprint density at radius 3 is 2.63 bits per heavy atom. The van der Waals surface area contributed by atoms with Crippen molar-refractivity contribution in [3.05, 3.63) is 34.6 Å². The number of carbonyl (C=O) groups is 2. The lowest BCUT2D eigenvalue weighted by Crippen LogP contribution is -2.48. The smallest absolute Gasteiger partial charge is 0.227 e. The third-order valence-electron chi connectivity index (χ3n) is 4.42. The van der Waals surface area contributed by atoms with Crippen LogP contribution in [0.25, 0.3) is 0 Å². The number of ether oxygens (including phenoxy) is 2. The van der Waals surface area contributed by atoms with Crippen LogP contribution in [0.15, 0.2) is 34.6 Å². The highest BCUT2D eigenvalue weighted by Crippen LogP contribution is 2.51. The second kappa shape index (κ2) is 3.90. The number of Topliss-reactive ketones (excluding diaryl/α,β-unsaturated/α-hetero) is 1. The number of methoxy groups -OCH3 is 2. The summed E-state index contributed by atoms with van der Waals surface area (Å²) in [5.41, 5.74) is 1.46. The molecule has 4 heteroatoms. The van der Waals surface area contributed by atoms with E-state index in [4.69, 9.17) is 9.47 Å². The highest BCUT2D eigenvalue weighted by atomic mass is 16.5. The van der Waals surface area contributed by atoms with Gasteiger partial charge in [-0.25, -0.2) is 0 Å². The van der Waals surface area contributed by atoms with Crippen LogP contribution in [-0.4, -0.2) is 31.4 Å². The summed E-state index contributed by atoms with van der Waals surface area (Å²) in [7, 11) is 2.99. The van der Waals surface area contributed by atoms with Gasteiger partial charge in [-0.05, 0) is 25.8 Å². The molecule has 0 aromatic rings. The highest BCUT2D eigenvalue weighted by molar-refractivity contribution is 6.23. The summed E-state index contributed by atoms with van der Waals surface area (Å²) in [5.74, 6) is -0.172. The molecule has 100 valence electrons. The van der Waals surface area contributed by atoms with E-state index in [1.807, 2.05) is 13.0 Å². The summed E-state index contributed by atoms with van der Waals surface area (Å²) in [6.45, 7) is 1.99. The van der Waals surface area contributed by atoms with Crippen molar-refractivity contribution in [2.45, 2.75) is 25.4 Å². The van der Waals surface area contributed by atoms with Gasteiger partial charge in [0, 0.05) is 30.2 Å². The monoisotopic (exact) mass is 260 g/mol. The zero-order valence-electron chi connectivity index (χ0n) is 11.3. The number of carbonyl (C=O) groups excluding carboxylic acids is 2. The summed E-state index contributed by atoms with van der Waals surface area (Å²) in [4.78, 5) is 24.8. The van der Waals surface area contributed by atoms with E-state index in [1.54, 1.807) is 7.11 Å². The van der Waals surface area contributed by atoms with Gasteiger partial charge in [0.25, 0.3) is 0 Å². The van der Waals surface area contributed by atoms with Crippen molar-refractivity contribution in [3.8, 4) is 0 Å². The van der Waals surface area contributed by atoms with Gasteiger partial charge < -0.3 is 9.47 Å². The Balaban J connectivity index is 2.22. The molecule has 2 atom stereocenters. The van der Waals surface area contributed by atoms with Crippen LogP contribution in [-0.2, 0) is 19.1 Å². The van der Waals surface area contributed by atoms with Gasteiger partial charge in [-0.15, -0.1) is 0 Å². The quantitative estimate of drug-likeness (QED) is 0.560. The zero-order chi connectivity index (χ0) is 13.8. The maximum absolute atomic E-state index is 12.5. The van der Waals surface area contributed by atoms with Crippen molar-refractivity contribution in [1.29, 1.82) is 0 Å². The van der Waals surface area contributed by atoms with E-state index >= 15 is 0 Å². The molecule has 4 aliphatic rings. The van der Waals surface area contributed by atoms with Crippen LogP contribution >= 0.6 is 0 Å². The van der Waals surface area contributed by atoms with Crippen molar-refractivity contribution < 1.29 is 19.1 Å². The zero-order valence-corrected chi connectivity index (χ0v) is 11.3. The summed E-state index contributed by atoms with van der Waals surface area (Å²) >= 11 is 0. The Kier molecular flexibility index (Phi) is 2.54. The fourth-order valence-electron chi connectivity index (χ4n) is 3.51. The Morgan fingerprint density at radius 2 is 2.05 bits per heavy atom. The van der Waals surface area contributed by atoms with Crippen molar-refractivity contribution in [1.82, 2.24) is 0 Å². The number of hydrogen-bond acceptors (Lipinski definition) is 4. The molecule has 0 N–H and O–H groups in total. The lowest BCUT2D eigenvalue weighted by Gasteiger charge is -2.46. The second-order valence-electron chi connectivity index (χ2n) is 5.27. The minimum atomic E-state index is -0.751. The van der Waals surface area contributed by atoms with Gasteiger partial charge in [0.15, 0.2) is 11.5 Å². The summed E-state index contributed by atoms with van der Waals surface area (Å²) < 4.78 is 10.7. The molecule has 0 spiro atoms. The van der Waals surface area contributed by atoms with Gasteiger partial charge in [0.2, 0.25) is 5.78 Å². The van der Waals surface area contributed by atoms with Gasteiger partial charge in [0.05, 0.1) is 7.11 Å². The lowest BCUT2D eigenvalue weighted by atomic mass is 9.62. The Labute approximate surface area is 111 Å². The number of fused-ring (bicyclic) bond motifs is 1. The van der Waals surface area contributed by atoms with E-state index < -0.39 is 5.60 Å². The van der Waals surface area contributed by atoms with Crippen LogP contribution < -0.4 is 0 Å². The van der Waals surface area contributed by atoms with Crippen molar-refractivity contribution in [2.75, 3.05) is 14.2 Å². The predicted molar refractivity (Wildman–Crippen MR) is 68.4 cm³/mol. The first kappa shape index (κ1) is 12.4. The Morgan fingerprint density at radius 1 is 1.32 bits per heavy atom. The average Bonchev–Trinajstić information content (AvgIpc) is 2.42. The maximum atomic E-state index is 12.5. The van der Waals surface area contributed by atoms with E-state index in [9.17, 15) is 9.59 Å². The van der Waals surface area contributed by atoms with E-state index in [0.717, 1.165) is 18.4 Å². The molecule has 0 radical (unpaired) electrons. The van der Waals surface area contributed by atoms with Crippen LogP contribution in [0.5, 0.6) is 0 Å². The fourth-order valence-corrected chi connectivity index (χ4v) is 3.51. The van der Waals surface area contributed by atoms with Crippen LogP contribution in [0.3, 0.4) is 0 Å². The molecule has 4 rings (SSSR count). The first-order valence-corrected chi connectivity index (χ1v) is 6.38. The molecule has 0 aromatic heterocycles. The predicted octanol–water partition coefficient (Wildman–Crippen LogP) is 1.72. The van der Waals surface area contributed by atoms with Crippen LogP contribution in [0, 0.1) is 5.92 Å². The summed E-state index contributed by atoms with van der Waals surface area (Å²) in [5, 5.41) is 0. The molecular formula is C15H16O4. The Bertz CT molecular complexity index is 579.